The summed E-state index contributed by atoms with van der Waals surface area (Å²) in [5.74, 6) is -1.03. The summed E-state index contributed by atoms with van der Waals surface area (Å²) in [4.78, 5) is 24.1. The van der Waals surface area contributed by atoms with Crippen LogP contribution < -0.4 is 0 Å². The largest absolute Gasteiger partial charge is 0.478 e. The quantitative estimate of drug-likeness (QED) is 0.479. The van der Waals surface area contributed by atoms with Gasteiger partial charge in [-0.2, -0.15) is 0 Å². The third kappa shape index (κ3) is 3.18. The van der Waals surface area contributed by atoms with Crippen LogP contribution >= 0.6 is 0 Å². The van der Waals surface area contributed by atoms with Gasteiger partial charge in [-0.3, -0.25) is 4.79 Å². The molecular weight excluding hydrogens is 350 g/mol. The molecule has 0 spiro atoms. The molecule has 0 saturated carbocycles. The number of benzene rings is 3. The standard InChI is InChI=1S/C24H21NO3/c1-15(2)23(26)19-9-10-20-21(24(27)28)14-25(22(20)12-19)13-16-7-8-17-5-3-4-6-18(17)11-16/h3-12,14-15H,13H2,1-2H3,(H,27,28). The van der Waals surface area contributed by atoms with Crippen LogP contribution in [0, 0.1) is 5.92 Å². The summed E-state index contributed by atoms with van der Waals surface area (Å²) in [6, 6.07) is 19.7. The minimum absolute atomic E-state index is 0.0530. The second-order valence-corrected chi connectivity index (χ2v) is 7.41. The van der Waals surface area contributed by atoms with Crippen molar-refractivity contribution in [1.29, 1.82) is 0 Å². The fourth-order valence-corrected chi connectivity index (χ4v) is 3.61. The van der Waals surface area contributed by atoms with E-state index < -0.39 is 5.97 Å². The number of fused-ring (bicyclic) bond motifs is 2. The Bertz CT molecular complexity index is 1220. The number of rotatable bonds is 5. The van der Waals surface area contributed by atoms with Gasteiger partial charge in [-0.1, -0.05) is 62.4 Å². The molecule has 0 unspecified atom stereocenters. The highest BCUT2D eigenvalue weighted by atomic mass is 16.4. The summed E-state index contributed by atoms with van der Waals surface area (Å²) in [5.41, 5.74) is 2.70. The summed E-state index contributed by atoms with van der Waals surface area (Å²) in [6.07, 6.45) is 1.66. The van der Waals surface area contributed by atoms with Gasteiger partial charge >= 0.3 is 5.97 Å². The molecular formula is C24H21NO3. The number of Topliss-reactive ketones (excluding diaryl/α,β-unsaturated/α-hetero) is 1. The van der Waals surface area contributed by atoms with Crippen LogP contribution in [0.15, 0.2) is 66.9 Å². The molecule has 28 heavy (non-hydrogen) atoms. The normalized spacial score (nSPS) is 11.4. The molecule has 0 radical (unpaired) electrons. The first kappa shape index (κ1) is 18.0. The molecule has 1 N–H and O–H groups in total. The number of ketones is 1. The Kier molecular flexibility index (Phi) is 4.47. The Hall–Kier alpha value is -3.40. The fraction of sp³-hybridized carbons (Fsp3) is 0.167. The Labute approximate surface area is 163 Å². The molecule has 140 valence electrons. The van der Waals surface area contributed by atoms with Gasteiger partial charge < -0.3 is 9.67 Å². The predicted molar refractivity (Wildman–Crippen MR) is 111 cm³/mol. The molecule has 4 nitrogen and oxygen atoms in total. The van der Waals surface area contributed by atoms with E-state index in [4.69, 9.17) is 0 Å². The Morgan fingerprint density at radius 3 is 2.43 bits per heavy atom. The van der Waals surface area contributed by atoms with Crippen LogP contribution in [0.4, 0.5) is 0 Å². The van der Waals surface area contributed by atoms with E-state index in [1.54, 1.807) is 18.3 Å². The third-order valence-corrected chi connectivity index (χ3v) is 5.09. The number of carboxylic acid groups (broad SMARTS) is 1. The molecule has 0 aliphatic rings. The predicted octanol–water partition coefficient (Wildman–Crippen LogP) is 5.38. The maximum absolute atomic E-state index is 12.4. The Balaban J connectivity index is 1.82. The topological polar surface area (TPSA) is 59.3 Å². The molecule has 0 atom stereocenters. The van der Waals surface area contributed by atoms with Crippen molar-refractivity contribution in [3.05, 3.63) is 83.6 Å². The van der Waals surface area contributed by atoms with Gasteiger partial charge in [-0.05, 0) is 28.5 Å². The lowest BCUT2D eigenvalue weighted by molar-refractivity contribution is 0.0698. The molecule has 0 amide bonds. The summed E-state index contributed by atoms with van der Waals surface area (Å²) in [6.45, 7) is 4.26. The van der Waals surface area contributed by atoms with E-state index >= 15 is 0 Å². The van der Waals surface area contributed by atoms with Gasteiger partial charge in [0.2, 0.25) is 0 Å². The number of aromatic carboxylic acids is 1. The molecule has 0 aliphatic carbocycles. The van der Waals surface area contributed by atoms with E-state index in [1.165, 1.54) is 5.39 Å². The van der Waals surface area contributed by atoms with Gasteiger partial charge in [0.15, 0.2) is 5.78 Å². The third-order valence-electron chi connectivity index (χ3n) is 5.09. The molecule has 1 aromatic heterocycles. The van der Waals surface area contributed by atoms with Crippen molar-refractivity contribution in [2.75, 3.05) is 0 Å². The van der Waals surface area contributed by atoms with Crippen LogP contribution in [0.5, 0.6) is 0 Å². The number of carboxylic acids is 1. The summed E-state index contributed by atoms with van der Waals surface area (Å²) in [5, 5.41) is 12.5. The second-order valence-electron chi connectivity index (χ2n) is 7.41. The fourth-order valence-electron chi connectivity index (χ4n) is 3.61. The average Bonchev–Trinajstić information content (AvgIpc) is 3.05. The van der Waals surface area contributed by atoms with E-state index in [1.807, 2.05) is 36.6 Å². The first-order valence-corrected chi connectivity index (χ1v) is 9.32. The highest BCUT2D eigenvalue weighted by molar-refractivity contribution is 6.06. The van der Waals surface area contributed by atoms with E-state index in [0.717, 1.165) is 16.5 Å². The highest BCUT2D eigenvalue weighted by Crippen LogP contribution is 2.26. The van der Waals surface area contributed by atoms with Crippen LogP contribution in [0.2, 0.25) is 0 Å². The summed E-state index contributed by atoms with van der Waals surface area (Å²) < 4.78 is 1.92. The maximum atomic E-state index is 12.4. The first-order chi connectivity index (χ1) is 13.4. The zero-order chi connectivity index (χ0) is 19.8. The van der Waals surface area contributed by atoms with Gasteiger partial charge in [0, 0.05) is 35.1 Å². The van der Waals surface area contributed by atoms with Crippen LogP contribution in [0.3, 0.4) is 0 Å². The molecule has 0 fully saturated rings. The SMILES string of the molecule is CC(C)C(=O)c1ccc2c(C(=O)O)cn(Cc3ccc4ccccc4c3)c2c1. The number of carbonyl (C=O) groups is 2. The van der Waals surface area contributed by atoms with E-state index in [9.17, 15) is 14.7 Å². The average molecular weight is 371 g/mol. The Morgan fingerprint density at radius 1 is 0.964 bits per heavy atom. The molecule has 1 heterocycles. The summed E-state index contributed by atoms with van der Waals surface area (Å²) in [7, 11) is 0. The number of aromatic nitrogens is 1. The second kappa shape index (κ2) is 6.97. The molecule has 3 aromatic carbocycles. The lowest BCUT2D eigenvalue weighted by Crippen LogP contribution is -2.07. The minimum atomic E-state index is -0.967. The lowest BCUT2D eigenvalue weighted by Gasteiger charge is -2.09. The van der Waals surface area contributed by atoms with Crippen LogP contribution in [0.25, 0.3) is 21.7 Å². The van der Waals surface area contributed by atoms with Crippen molar-refractivity contribution < 1.29 is 14.7 Å². The van der Waals surface area contributed by atoms with Gasteiger partial charge in [0.25, 0.3) is 0 Å². The zero-order valence-electron chi connectivity index (χ0n) is 15.8. The first-order valence-electron chi connectivity index (χ1n) is 9.32. The van der Waals surface area contributed by atoms with E-state index in [2.05, 4.69) is 30.3 Å². The molecule has 4 rings (SSSR count). The smallest absolute Gasteiger partial charge is 0.337 e. The molecule has 0 saturated heterocycles. The van der Waals surface area contributed by atoms with Crippen LogP contribution in [-0.2, 0) is 6.54 Å². The van der Waals surface area contributed by atoms with Gasteiger partial charge in [0.05, 0.1) is 5.56 Å². The molecule has 0 bridgehead atoms. The van der Waals surface area contributed by atoms with Crippen molar-refractivity contribution in [3.8, 4) is 0 Å². The molecule has 0 aliphatic heterocycles. The van der Waals surface area contributed by atoms with Crippen LogP contribution in [-0.4, -0.2) is 21.4 Å². The monoisotopic (exact) mass is 371 g/mol. The van der Waals surface area contributed by atoms with Gasteiger partial charge in [0.1, 0.15) is 0 Å². The summed E-state index contributed by atoms with van der Waals surface area (Å²) >= 11 is 0. The molecule has 4 heteroatoms. The molecule has 4 aromatic rings. The number of nitrogens with zero attached hydrogens (tertiary/aromatic N) is 1. The van der Waals surface area contributed by atoms with Crippen molar-refractivity contribution in [1.82, 2.24) is 4.57 Å². The van der Waals surface area contributed by atoms with E-state index in [0.29, 0.717) is 17.5 Å². The number of carbonyl (C=O) groups excluding carboxylic acids is 1. The number of hydrogen-bond donors (Lipinski definition) is 1. The van der Waals surface area contributed by atoms with Gasteiger partial charge in [-0.25, -0.2) is 4.79 Å². The maximum Gasteiger partial charge on any atom is 0.337 e. The van der Waals surface area contributed by atoms with E-state index in [-0.39, 0.29) is 17.3 Å². The van der Waals surface area contributed by atoms with Crippen molar-refractivity contribution in [2.24, 2.45) is 5.92 Å². The zero-order valence-corrected chi connectivity index (χ0v) is 15.8. The van der Waals surface area contributed by atoms with Crippen molar-refractivity contribution in [3.63, 3.8) is 0 Å². The number of hydrogen-bond acceptors (Lipinski definition) is 2. The highest BCUT2D eigenvalue weighted by Gasteiger charge is 2.17. The Morgan fingerprint density at radius 2 is 1.71 bits per heavy atom. The van der Waals surface area contributed by atoms with Crippen molar-refractivity contribution >= 4 is 33.4 Å². The van der Waals surface area contributed by atoms with Gasteiger partial charge in [-0.15, -0.1) is 0 Å². The lowest BCUT2D eigenvalue weighted by atomic mass is 9.99. The van der Waals surface area contributed by atoms with Crippen LogP contribution in [0.1, 0.15) is 40.1 Å². The van der Waals surface area contributed by atoms with Crippen molar-refractivity contribution in [2.45, 2.75) is 20.4 Å². The minimum Gasteiger partial charge on any atom is -0.478 e.